The van der Waals surface area contributed by atoms with Crippen LogP contribution in [0.2, 0.25) is 0 Å². The smallest absolute Gasteiger partial charge is 0.0445 e. The molecule has 0 saturated carbocycles. The lowest BCUT2D eigenvalue weighted by Crippen LogP contribution is -2.61. The van der Waals surface area contributed by atoms with Crippen LogP contribution in [0.15, 0.2) is 0 Å². The Morgan fingerprint density at radius 1 is 1.41 bits per heavy atom. The molecule has 0 aromatic rings. The van der Waals surface area contributed by atoms with Gasteiger partial charge in [-0.25, -0.2) is 0 Å². The van der Waals surface area contributed by atoms with Crippen molar-refractivity contribution in [3.05, 3.63) is 0 Å². The second-order valence-electron chi connectivity index (χ2n) is 6.08. The summed E-state index contributed by atoms with van der Waals surface area (Å²) in [5, 5.41) is 12.8. The lowest BCUT2D eigenvalue weighted by molar-refractivity contribution is 0.187. The lowest BCUT2D eigenvalue weighted by atomic mass is 9.79. The lowest BCUT2D eigenvalue weighted by Gasteiger charge is -2.46. The van der Waals surface area contributed by atoms with Gasteiger partial charge in [-0.2, -0.15) is 11.8 Å². The first-order valence-electron chi connectivity index (χ1n) is 6.63. The number of nitrogens with two attached hydrogens (primary N) is 1. The van der Waals surface area contributed by atoms with Crippen molar-refractivity contribution in [2.45, 2.75) is 51.6 Å². The van der Waals surface area contributed by atoms with Crippen LogP contribution < -0.4 is 11.1 Å². The quantitative estimate of drug-likeness (QED) is 0.679. The maximum Gasteiger partial charge on any atom is 0.0445 e. The van der Waals surface area contributed by atoms with Gasteiger partial charge in [0.05, 0.1) is 0 Å². The Morgan fingerprint density at radius 2 is 2.12 bits per heavy atom. The first kappa shape index (κ1) is 15.3. The molecule has 1 heterocycles. The van der Waals surface area contributed by atoms with Crippen LogP contribution in [0.3, 0.4) is 0 Å². The van der Waals surface area contributed by atoms with E-state index in [1.165, 1.54) is 5.75 Å². The number of hydrogen-bond donors (Lipinski definition) is 3. The van der Waals surface area contributed by atoms with Gasteiger partial charge in [-0.1, -0.05) is 20.8 Å². The summed E-state index contributed by atoms with van der Waals surface area (Å²) in [7, 11) is 0. The van der Waals surface area contributed by atoms with Crippen molar-refractivity contribution < 1.29 is 5.11 Å². The van der Waals surface area contributed by atoms with Gasteiger partial charge < -0.3 is 16.2 Å². The largest absolute Gasteiger partial charge is 0.396 e. The van der Waals surface area contributed by atoms with E-state index in [4.69, 9.17) is 10.8 Å². The second kappa shape index (κ2) is 6.41. The van der Waals surface area contributed by atoms with E-state index in [9.17, 15) is 0 Å². The molecule has 3 nitrogen and oxygen atoms in total. The minimum atomic E-state index is 0.0578. The molecule has 102 valence electrons. The van der Waals surface area contributed by atoms with Crippen molar-refractivity contribution in [1.29, 1.82) is 0 Å². The summed E-state index contributed by atoms with van der Waals surface area (Å²) in [5.41, 5.74) is 6.43. The van der Waals surface area contributed by atoms with E-state index in [1.54, 1.807) is 0 Å². The molecule has 0 spiro atoms. The van der Waals surface area contributed by atoms with Crippen LogP contribution >= 0.6 is 11.8 Å². The molecule has 4 N–H and O–H groups in total. The summed E-state index contributed by atoms with van der Waals surface area (Å²) < 4.78 is 0. The zero-order chi connectivity index (χ0) is 12.9. The number of aliphatic hydroxyl groups excluding tert-OH is 1. The number of aliphatic hydroxyl groups is 1. The van der Waals surface area contributed by atoms with Crippen molar-refractivity contribution >= 4 is 11.8 Å². The minimum absolute atomic E-state index is 0.0578. The highest BCUT2D eigenvalue weighted by molar-refractivity contribution is 7.99. The Balaban J connectivity index is 2.67. The highest BCUT2D eigenvalue weighted by atomic mass is 32.2. The fraction of sp³-hybridized carbons (Fsp3) is 1.00. The highest BCUT2D eigenvalue weighted by Crippen LogP contribution is 2.39. The second-order valence-corrected chi connectivity index (χ2v) is 7.07. The number of nitrogens with one attached hydrogen (secondary N) is 1. The van der Waals surface area contributed by atoms with Gasteiger partial charge in [0.15, 0.2) is 0 Å². The Hall–Kier alpha value is 0.230. The molecule has 1 aliphatic rings. The van der Waals surface area contributed by atoms with Crippen molar-refractivity contribution in [2.75, 3.05) is 24.7 Å². The van der Waals surface area contributed by atoms with Gasteiger partial charge in [0, 0.05) is 30.5 Å². The molecule has 2 unspecified atom stereocenters. The first-order chi connectivity index (χ1) is 7.97. The van der Waals surface area contributed by atoms with Crippen LogP contribution in [0.5, 0.6) is 0 Å². The number of thioether (sulfide) groups is 1. The van der Waals surface area contributed by atoms with Crippen molar-refractivity contribution in [3.8, 4) is 0 Å². The normalized spacial score (nSPS) is 30.2. The predicted octanol–water partition coefficient (Wildman–Crippen LogP) is 1.60. The summed E-state index contributed by atoms with van der Waals surface area (Å²) in [6.07, 6.45) is 3.00. The molecule has 0 amide bonds. The monoisotopic (exact) mass is 260 g/mol. The Labute approximate surface area is 110 Å². The predicted molar refractivity (Wildman–Crippen MR) is 76.4 cm³/mol. The molecule has 1 saturated heterocycles. The Bertz CT molecular complexity index is 235. The molecular formula is C13H28N2OS. The summed E-state index contributed by atoms with van der Waals surface area (Å²) >= 11 is 2.00. The molecule has 0 aromatic carbocycles. The van der Waals surface area contributed by atoms with Gasteiger partial charge in [0.1, 0.15) is 0 Å². The van der Waals surface area contributed by atoms with Gasteiger partial charge in [0.25, 0.3) is 0 Å². The summed E-state index contributed by atoms with van der Waals surface area (Å²) in [4.78, 5) is 0. The minimum Gasteiger partial charge on any atom is -0.396 e. The molecule has 17 heavy (non-hydrogen) atoms. The molecule has 2 atom stereocenters. The van der Waals surface area contributed by atoms with E-state index in [1.807, 2.05) is 11.8 Å². The van der Waals surface area contributed by atoms with Crippen LogP contribution in [0.1, 0.15) is 40.0 Å². The molecule has 0 aromatic heterocycles. The van der Waals surface area contributed by atoms with Crippen molar-refractivity contribution in [3.63, 3.8) is 0 Å². The molecule has 0 bridgehead atoms. The summed E-state index contributed by atoms with van der Waals surface area (Å²) in [6, 6.07) is 0.387. The Kier molecular flexibility index (Phi) is 5.77. The third-order valence-electron chi connectivity index (χ3n) is 3.56. The maximum atomic E-state index is 9.08. The first-order valence-corrected chi connectivity index (χ1v) is 7.79. The third-order valence-corrected chi connectivity index (χ3v) is 5.30. The summed E-state index contributed by atoms with van der Waals surface area (Å²) in [5.74, 6) is 2.31. The van der Waals surface area contributed by atoms with E-state index in [2.05, 4.69) is 26.1 Å². The maximum absolute atomic E-state index is 9.08. The van der Waals surface area contributed by atoms with E-state index >= 15 is 0 Å². The van der Waals surface area contributed by atoms with Gasteiger partial charge >= 0.3 is 0 Å². The van der Waals surface area contributed by atoms with E-state index in [0.29, 0.717) is 18.0 Å². The molecule has 0 aliphatic carbocycles. The third kappa shape index (κ3) is 4.43. The standard InChI is InChI=1S/C13H28N2OS/c1-4-11(5-6-16)15-13(8-14)7-12(2,3)9-17-10-13/h11,15-16H,4-10,14H2,1-3H3. The van der Waals surface area contributed by atoms with Gasteiger partial charge in [0.2, 0.25) is 0 Å². The van der Waals surface area contributed by atoms with Gasteiger partial charge in [-0.05, 0) is 30.4 Å². The van der Waals surface area contributed by atoms with E-state index < -0.39 is 0 Å². The zero-order valence-corrected chi connectivity index (χ0v) is 12.3. The SMILES string of the molecule is CCC(CCO)NC1(CN)CSCC(C)(C)C1. The summed E-state index contributed by atoms with van der Waals surface area (Å²) in [6.45, 7) is 7.74. The fourth-order valence-electron chi connectivity index (χ4n) is 2.79. The van der Waals surface area contributed by atoms with Gasteiger partial charge in [-0.15, -0.1) is 0 Å². The number of hydrogen-bond acceptors (Lipinski definition) is 4. The average molecular weight is 260 g/mol. The molecule has 0 radical (unpaired) electrons. The van der Waals surface area contributed by atoms with Crippen LogP contribution in [0.25, 0.3) is 0 Å². The molecule has 1 rings (SSSR count). The topological polar surface area (TPSA) is 58.3 Å². The van der Waals surface area contributed by atoms with Crippen LogP contribution in [-0.4, -0.2) is 41.3 Å². The molecular weight excluding hydrogens is 232 g/mol. The Morgan fingerprint density at radius 3 is 2.59 bits per heavy atom. The fourth-order valence-corrected chi connectivity index (χ4v) is 4.24. The molecule has 1 aliphatic heterocycles. The van der Waals surface area contributed by atoms with Crippen molar-refractivity contribution in [1.82, 2.24) is 5.32 Å². The van der Waals surface area contributed by atoms with Crippen LogP contribution in [0.4, 0.5) is 0 Å². The van der Waals surface area contributed by atoms with E-state index in [-0.39, 0.29) is 12.1 Å². The number of rotatable bonds is 6. The van der Waals surface area contributed by atoms with Crippen molar-refractivity contribution in [2.24, 2.45) is 11.1 Å². The van der Waals surface area contributed by atoms with Gasteiger partial charge in [-0.3, -0.25) is 0 Å². The van der Waals surface area contributed by atoms with E-state index in [0.717, 1.165) is 25.0 Å². The van der Waals surface area contributed by atoms with Crippen LogP contribution in [0, 0.1) is 5.41 Å². The molecule has 1 fully saturated rings. The zero-order valence-electron chi connectivity index (χ0n) is 11.5. The highest BCUT2D eigenvalue weighted by Gasteiger charge is 2.40. The average Bonchev–Trinajstić information content (AvgIpc) is 2.27. The van der Waals surface area contributed by atoms with Crippen LogP contribution in [-0.2, 0) is 0 Å². The molecule has 4 heteroatoms.